The monoisotopic (exact) mass is 274 g/mol. The van der Waals surface area contributed by atoms with Crippen molar-refractivity contribution in [2.75, 3.05) is 13.1 Å². The second-order valence-electron chi connectivity index (χ2n) is 5.43. The third-order valence-electron chi connectivity index (χ3n) is 3.81. The Labute approximate surface area is 119 Å². The van der Waals surface area contributed by atoms with Crippen LogP contribution in [0.2, 0.25) is 0 Å². The maximum absolute atomic E-state index is 11.9. The summed E-state index contributed by atoms with van der Waals surface area (Å²) in [6, 6.07) is 9.36. The van der Waals surface area contributed by atoms with Crippen LogP contribution in [0.5, 0.6) is 0 Å². The number of rotatable bonds is 5. The molecule has 0 aromatic heterocycles. The van der Waals surface area contributed by atoms with E-state index in [4.69, 9.17) is 0 Å². The van der Waals surface area contributed by atoms with Crippen molar-refractivity contribution in [3.63, 3.8) is 0 Å². The number of benzene rings is 1. The first kappa shape index (κ1) is 14.7. The van der Waals surface area contributed by atoms with Crippen LogP contribution in [0, 0.1) is 5.92 Å². The van der Waals surface area contributed by atoms with E-state index in [1.54, 1.807) is 12.1 Å². The van der Waals surface area contributed by atoms with E-state index < -0.39 is 0 Å². The predicted molar refractivity (Wildman–Crippen MR) is 78.6 cm³/mol. The third-order valence-corrected chi connectivity index (χ3v) is 3.81. The summed E-state index contributed by atoms with van der Waals surface area (Å²) in [5, 5.41) is 6.35. The molecular formula is C16H22N2O2. The Bertz CT molecular complexity index is 459. The van der Waals surface area contributed by atoms with E-state index in [9.17, 15) is 9.59 Å². The minimum Gasteiger partial charge on any atom is -0.353 e. The lowest BCUT2D eigenvalue weighted by Crippen LogP contribution is -2.48. The number of Topliss-reactive ketones (excluding diaryl/α,β-unsaturated/α-hetero) is 1. The van der Waals surface area contributed by atoms with Crippen molar-refractivity contribution in [3.05, 3.63) is 35.9 Å². The normalized spacial score (nSPS) is 22.2. The number of amides is 1. The highest BCUT2D eigenvalue weighted by Crippen LogP contribution is 2.11. The minimum atomic E-state index is -0.0203. The Morgan fingerprint density at radius 3 is 2.70 bits per heavy atom. The summed E-state index contributed by atoms with van der Waals surface area (Å²) < 4.78 is 0. The van der Waals surface area contributed by atoms with E-state index in [1.165, 1.54) is 0 Å². The Morgan fingerprint density at radius 1 is 1.25 bits per heavy atom. The van der Waals surface area contributed by atoms with E-state index >= 15 is 0 Å². The average molecular weight is 274 g/mol. The summed E-state index contributed by atoms with van der Waals surface area (Å²) in [7, 11) is 0. The molecule has 1 saturated heterocycles. The van der Waals surface area contributed by atoms with Gasteiger partial charge in [-0.15, -0.1) is 0 Å². The number of piperidine rings is 1. The summed E-state index contributed by atoms with van der Waals surface area (Å²) in [4.78, 5) is 23.8. The predicted octanol–water partition coefficient (Wildman–Crippen LogP) is 1.76. The van der Waals surface area contributed by atoms with Crippen molar-refractivity contribution in [2.45, 2.75) is 32.2 Å². The topological polar surface area (TPSA) is 58.2 Å². The molecule has 1 aliphatic rings. The molecule has 0 saturated carbocycles. The summed E-state index contributed by atoms with van der Waals surface area (Å²) in [6.07, 6.45) is 1.50. The lowest BCUT2D eigenvalue weighted by Gasteiger charge is -2.30. The summed E-state index contributed by atoms with van der Waals surface area (Å²) in [5.74, 6) is 0.449. The van der Waals surface area contributed by atoms with Gasteiger partial charge in [0.25, 0.3) is 0 Å². The van der Waals surface area contributed by atoms with Crippen LogP contribution < -0.4 is 10.6 Å². The fourth-order valence-corrected chi connectivity index (χ4v) is 2.50. The molecule has 2 rings (SSSR count). The van der Waals surface area contributed by atoms with Gasteiger partial charge in [0.1, 0.15) is 0 Å². The lowest BCUT2D eigenvalue weighted by atomic mass is 9.95. The number of ketones is 1. The molecule has 0 bridgehead atoms. The first-order valence-electron chi connectivity index (χ1n) is 7.25. The molecule has 0 spiro atoms. The van der Waals surface area contributed by atoms with Gasteiger partial charge in [0.05, 0.1) is 0 Å². The van der Waals surface area contributed by atoms with E-state index in [0.717, 1.165) is 19.5 Å². The Morgan fingerprint density at radius 2 is 2.00 bits per heavy atom. The standard InChI is InChI=1S/C16H22N2O2/c1-12-11-17-10-9-14(12)18-16(20)8-7-15(19)13-5-3-2-4-6-13/h2-6,12,14,17H,7-11H2,1H3,(H,18,20). The van der Waals surface area contributed by atoms with Gasteiger partial charge >= 0.3 is 0 Å². The molecule has 2 atom stereocenters. The molecule has 1 heterocycles. The van der Waals surface area contributed by atoms with Crippen molar-refractivity contribution in [1.82, 2.24) is 10.6 Å². The molecule has 4 nitrogen and oxygen atoms in total. The van der Waals surface area contributed by atoms with Crippen LogP contribution in [0.15, 0.2) is 30.3 Å². The summed E-state index contributed by atoms with van der Waals surface area (Å²) >= 11 is 0. The molecular weight excluding hydrogens is 252 g/mol. The van der Waals surface area contributed by atoms with Crippen LogP contribution in [-0.4, -0.2) is 30.8 Å². The second kappa shape index (κ2) is 7.20. The molecule has 1 aromatic carbocycles. The first-order valence-corrected chi connectivity index (χ1v) is 7.25. The molecule has 2 N–H and O–H groups in total. The highest BCUT2D eigenvalue weighted by molar-refractivity contribution is 5.97. The maximum atomic E-state index is 11.9. The van der Waals surface area contributed by atoms with Gasteiger partial charge in [-0.1, -0.05) is 37.3 Å². The number of carbonyl (C=O) groups is 2. The molecule has 2 unspecified atom stereocenters. The SMILES string of the molecule is CC1CNCCC1NC(=O)CCC(=O)c1ccccc1. The molecule has 1 amide bonds. The van der Waals surface area contributed by atoms with E-state index in [2.05, 4.69) is 17.6 Å². The van der Waals surface area contributed by atoms with Crippen molar-refractivity contribution >= 4 is 11.7 Å². The van der Waals surface area contributed by atoms with Gasteiger partial charge < -0.3 is 10.6 Å². The molecule has 0 aliphatic carbocycles. The van der Waals surface area contributed by atoms with Gasteiger partial charge in [-0.05, 0) is 25.4 Å². The zero-order valence-electron chi connectivity index (χ0n) is 11.9. The van der Waals surface area contributed by atoms with E-state index in [-0.39, 0.29) is 30.6 Å². The van der Waals surface area contributed by atoms with Crippen LogP contribution in [0.4, 0.5) is 0 Å². The lowest BCUT2D eigenvalue weighted by molar-refractivity contribution is -0.122. The van der Waals surface area contributed by atoms with Crippen LogP contribution in [0.3, 0.4) is 0 Å². The average Bonchev–Trinajstić information content (AvgIpc) is 2.48. The second-order valence-corrected chi connectivity index (χ2v) is 5.43. The number of carbonyl (C=O) groups excluding carboxylic acids is 2. The summed E-state index contributed by atoms with van der Waals surface area (Å²) in [5.41, 5.74) is 0.676. The van der Waals surface area contributed by atoms with Crippen molar-refractivity contribution < 1.29 is 9.59 Å². The first-order chi connectivity index (χ1) is 9.66. The van der Waals surface area contributed by atoms with E-state index in [1.807, 2.05) is 18.2 Å². The molecule has 20 heavy (non-hydrogen) atoms. The maximum Gasteiger partial charge on any atom is 0.220 e. The van der Waals surface area contributed by atoms with Crippen molar-refractivity contribution in [2.24, 2.45) is 5.92 Å². The molecule has 108 valence electrons. The van der Waals surface area contributed by atoms with Crippen molar-refractivity contribution in [3.8, 4) is 0 Å². The fraction of sp³-hybridized carbons (Fsp3) is 0.500. The number of nitrogens with one attached hydrogen (secondary N) is 2. The summed E-state index contributed by atoms with van der Waals surface area (Å²) in [6.45, 7) is 4.01. The largest absolute Gasteiger partial charge is 0.353 e. The molecule has 1 fully saturated rings. The van der Waals surface area contributed by atoms with Gasteiger partial charge in [-0.25, -0.2) is 0 Å². The van der Waals surface area contributed by atoms with Crippen LogP contribution in [0.1, 0.15) is 36.5 Å². The smallest absolute Gasteiger partial charge is 0.220 e. The molecule has 1 aliphatic heterocycles. The number of hydrogen-bond donors (Lipinski definition) is 2. The Hall–Kier alpha value is -1.68. The molecule has 4 heteroatoms. The highest BCUT2D eigenvalue weighted by atomic mass is 16.2. The van der Waals surface area contributed by atoms with Gasteiger partial charge in [-0.2, -0.15) is 0 Å². The fourth-order valence-electron chi connectivity index (χ4n) is 2.50. The highest BCUT2D eigenvalue weighted by Gasteiger charge is 2.22. The zero-order valence-corrected chi connectivity index (χ0v) is 11.9. The van der Waals surface area contributed by atoms with Gasteiger partial charge in [0, 0.05) is 24.4 Å². The van der Waals surface area contributed by atoms with Gasteiger partial charge in [-0.3, -0.25) is 9.59 Å². The van der Waals surface area contributed by atoms with Crippen LogP contribution in [0.25, 0.3) is 0 Å². The Kier molecular flexibility index (Phi) is 5.30. The zero-order chi connectivity index (χ0) is 14.4. The minimum absolute atomic E-state index is 0.0203. The Balaban J connectivity index is 1.76. The van der Waals surface area contributed by atoms with E-state index in [0.29, 0.717) is 11.5 Å². The number of hydrogen-bond acceptors (Lipinski definition) is 3. The van der Waals surface area contributed by atoms with Gasteiger partial charge in [0.15, 0.2) is 5.78 Å². The quantitative estimate of drug-likeness (QED) is 0.804. The van der Waals surface area contributed by atoms with Gasteiger partial charge in [0.2, 0.25) is 5.91 Å². The molecule has 0 radical (unpaired) electrons. The molecule has 1 aromatic rings. The van der Waals surface area contributed by atoms with Crippen LogP contribution >= 0.6 is 0 Å². The third kappa shape index (κ3) is 4.17. The van der Waals surface area contributed by atoms with Crippen LogP contribution in [-0.2, 0) is 4.79 Å². The van der Waals surface area contributed by atoms with Crippen molar-refractivity contribution in [1.29, 1.82) is 0 Å².